The van der Waals surface area contributed by atoms with Gasteiger partial charge >= 0.3 is 0 Å². The number of nitrogens with zero attached hydrogens (tertiary/aromatic N) is 1. The van der Waals surface area contributed by atoms with Gasteiger partial charge in [0.15, 0.2) is 27.3 Å². The molecule has 2 saturated carbocycles. The maximum absolute atomic E-state index is 13.7. The Morgan fingerprint density at radius 2 is 1.77 bits per heavy atom. The van der Waals surface area contributed by atoms with Crippen LogP contribution < -0.4 is 5.32 Å². The summed E-state index contributed by atoms with van der Waals surface area (Å²) in [6, 6.07) is 4.84. The molecule has 2 aliphatic carbocycles. The molecular formula is C23H22ClF3N2O5S. The van der Waals surface area contributed by atoms with E-state index in [2.05, 4.69) is 15.3 Å². The Labute approximate surface area is 204 Å². The van der Waals surface area contributed by atoms with Crippen molar-refractivity contribution in [3.8, 4) is 0 Å². The number of hydrogen-bond acceptors (Lipinski definition) is 6. The number of fused-ring (bicyclic) bond motifs is 2. The Kier molecular flexibility index (Phi) is 6.87. The van der Waals surface area contributed by atoms with Crippen LogP contribution in [0.3, 0.4) is 0 Å². The zero-order valence-corrected chi connectivity index (χ0v) is 20.0. The highest BCUT2D eigenvalue weighted by Crippen LogP contribution is 2.51. The molecular weight excluding hydrogens is 509 g/mol. The Morgan fingerprint density at radius 3 is 2.34 bits per heavy atom. The molecule has 2 bridgehead atoms. The maximum Gasteiger partial charge on any atom is 0.255 e. The largest absolute Gasteiger partial charge is 0.399 e. The number of halogens is 4. The van der Waals surface area contributed by atoms with Crippen LogP contribution in [0.25, 0.3) is 0 Å². The van der Waals surface area contributed by atoms with Crippen molar-refractivity contribution >= 4 is 39.2 Å². The van der Waals surface area contributed by atoms with Crippen molar-refractivity contribution in [1.82, 2.24) is 0 Å². The number of benzene rings is 2. The second-order valence-corrected chi connectivity index (χ2v) is 11.4. The lowest BCUT2D eigenvalue weighted by Crippen LogP contribution is -2.47. The quantitative estimate of drug-likeness (QED) is 0.328. The van der Waals surface area contributed by atoms with Gasteiger partial charge in [-0.25, -0.2) is 21.6 Å². The van der Waals surface area contributed by atoms with Crippen LogP contribution in [-0.2, 0) is 14.7 Å². The van der Waals surface area contributed by atoms with E-state index in [1.807, 2.05) is 0 Å². The first-order chi connectivity index (χ1) is 16.4. The van der Waals surface area contributed by atoms with E-state index in [1.54, 1.807) is 0 Å². The number of nitrogens with one attached hydrogen (secondary N) is 1. The minimum absolute atomic E-state index is 0.0819. The standard InChI is InChI=1S/C23H22ClF3N2O5S/c1-34-28-11-23(31)9-13-2-3-14(10-23)21(13)35(32,33)19-6-12(4-5-16(19)24)22(30)29-15-7-17(25)20(27)18(26)8-15/h4-8,11,13-14,21,31H,2-3,9-10H2,1H3,(H,29,30)/b28-11+/t13?,14?,21-,23-. The van der Waals surface area contributed by atoms with Gasteiger partial charge < -0.3 is 15.3 Å². The molecule has 0 heterocycles. The number of anilines is 1. The summed E-state index contributed by atoms with van der Waals surface area (Å²) in [5.74, 6) is -6.21. The lowest BCUT2D eigenvalue weighted by Gasteiger charge is -2.38. The third-order valence-corrected chi connectivity index (χ3v) is 9.45. The van der Waals surface area contributed by atoms with E-state index in [-0.39, 0.29) is 45.8 Å². The van der Waals surface area contributed by atoms with Gasteiger partial charge in [-0.3, -0.25) is 4.79 Å². The first kappa shape index (κ1) is 25.5. The monoisotopic (exact) mass is 530 g/mol. The number of sulfone groups is 1. The van der Waals surface area contributed by atoms with Crippen LogP contribution >= 0.6 is 11.6 Å². The van der Waals surface area contributed by atoms with Crippen LogP contribution in [0.5, 0.6) is 0 Å². The highest BCUT2D eigenvalue weighted by atomic mass is 35.5. The Balaban J connectivity index is 1.61. The Hall–Kier alpha value is -2.63. The summed E-state index contributed by atoms with van der Waals surface area (Å²) in [6.45, 7) is 0. The SMILES string of the molecule is CO/N=C/[C@]1(O)CC2CCC(C1)[C@H]2S(=O)(=O)c1cc(C(=O)Nc2cc(F)c(F)c(F)c2)ccc1Cl. The highest BCUT2D eigenvalue weighted by Gasteiger charge is 2.54. The van der Waals surface area contributed by atoms with Crippen LogP contribution in [0, 0.1) is 29.3 Å². The van der Waals surface area contributed by atoms with Crippen molar-refractivity contribution < 1.29 is 36.3 Å². The summed E-state index contributed by atoms with van der Waals surface area (Å²) in [6.07, 6.45) is 2.84. The number of carbonyl (C=O) groups is 1. The molecule has 0 spiro atoms. The summed E-state index contributed by atoms with van der Waals surface area (Å²) in [7, 11) is -2.67. The van der Waals surface area contributed by atoms with Crippen molar-refractivity contribution in [3.63, 3.8) is 0 Å². The molecule has 188 valence electrons. The van der Waals surface area contributed by atoms with Gasteiger partial charge in [-0.2, -0.15) is 0 Å². The van der Waals surface area contributed by atoms with Crippen molar-refractivity contribution in [1.29, 1.82) is 0 Å². The topological polar surface area (TPSA) is 105 Å². The van der Waals surface area contributed by atoms with Crippen LogP contribution in [0.2, 0.25) is 5.02 Å². The molecule has 2 fully saturated rings. The summed E-state index contributed by atoms with van der Waals surface area (Å²) < 4.78 is 67.5. The van der Waals surface area contributed by atoms with Crippen molar-refractivity contribution in [2.75, 3.05) is 12.4 Å². The van der Waals surface area contributed by atoms with Crippen molar-refractivity contribution in [2.45, 2.75) is 41.4 Å². The molecule has 2 N–H and O–H groups in total. The van der Waals surface area contributed by atoms with E-state index in [1.165, 1.54) is 25.5 Å². The maximum atomic E-state index is 13.7. The second-order valence-electron chi connectivity index (χ2n) is 8.89. The molecule has 35 heavy (non-hydrogen) atoms. The average Bonchev–Trinajstić information content (AvgIpc) is 3.09. The van der Waals surface area contributed by atoms with E-state index >= 15 is 0 Å². The number of oxime groups is 1. The third kappa shape index (κ3) is 4.89. The smallest absolute Gasteiger partial charge is 0.255 e. The molecule has 2 unspecified atom stereocenters. The lowest BCUT2D eigenvalue weighted by atomic mass is 9.78. The molecule has 2 aromatic rings. The molecule has 2 atom stereocenters. The zero-order chi connectivity index (χ0) is 25.5. The Bertz CT molecular complexity index is 1270. The summed E-state index contributed by atoms with van der Waals surface area (Å²) in [5.41, 5.74) is -1.74. The van der Waals surface area contributed by atoms with E-state index in [9.17, 15) is 31.5 Å². The molecule has 12 heteroatoms. The number of amides is 1. The highest BCUT2D eigenvalue weighted by molar-refractivity contribution is 7.92. The molecule has 1 amide bonds. The summed E-state index contributed by atoms with van der Waals surface area (Å²) in [4.78, 5) is 17.1. The number of hydrogen-bond donors (Lipinski definition) is 2. The van der Waals surface area contributed by atoms with Gasteiger partial charge in [-0.15, -0.1) is 0 Å². The number of aliphatic hydroxyl groups is 1. The van der Waals surface area contributed by atoms with Crippen molar-refractivity contribution in [2.24, 2.45) is 17.0 Å². The molecule has 7 nitrogen and oxygen atoms in total. The zero-order valence-electron chi connectivity index (χ0n) is 18.5. The predicted octanol–water partition coefficient (Wildman–Crippen LogP) is 4.34. The van der Waals surface area contributed by atoms with Crippen LogP contribution in [-0.4, -0.2) is 43.6 Å². The van der Waals surface area contributed by atoms with Crippen molar-refractivity contribution in [3.05, 3.63) is 58.4 Å². The normalized spacial score (nSPS) is 26.2. The first-order valence-corrected chi connectivity index (χ1v) is 12.7. The van der Waals surface area contributed by atoms with Gasteiger partial charge in [0, 0.05) is 23.4 Å². The molecule has 0 aliphatic heterocycles. The van der Waals surface area contributed by atoms with Gasteiger partial charge in [0.25, 0.3) is 5.91 Å². The minimum atomic E-state index is -4.02. The summed E-state index contributed by atoms with van der Waals surface area (Å²) in [5, 5.41) is 15.8. The number of rotatable bonds is 6. The fraction of sp³-hybridized carbons (Fsp3) is 0.391. The van der Waals surface area contributed by atoms with Gasteiger partial charge in [-0.05, 0) is 55.7 Å². The second kappa shape index (κ2) is 9.44. The molecule has 2 aliphatic rings. The van der Waals surface area contributed by atoms with E-state index in [4.69, 9.17) is 11.6 Å². The van der Waals surface area contributed by atoms with Gasteiger partial charge in [0.1, 0.15) is 12.7 Å². The third-order valence-electron chi connectivity index (χ3n) is 6.57. The Morgan fingerprint density at radius 1 is 1.17 bits per heavy atom. The number of carbonyl (C=O) groups excluding carboxylic acids is 1. The van der Waals surface area contributed by atoms with Crippen LogP contribution in [0.1, 0.15) is 36.0 Å². The molecule has 0 radical (unpaired) electrons. The fourth-order valence-electron chi connectivity index (χ4n) is 5.17. The average molecular weight is 531 g/mol. The van der Waals surface area contributed by atoms with Gasteiger partial charge in [-0.1, -0.05) is 16.8 Å². The van der Waals surface area contributed by atoms with E-state index in [0.717, 1.165) is 6.07 Å². The lowest BCUT2D eigenvalue weighted by molar-refractivity contribution is 0.0441. The van der Waals surface area contributed by atoms with E-state index in [0.29, 0.717) is 25.0 Å². The molecule has 2 aromatic carbocycles. The van der Waals surface area contributed by atoms with Gasteiger partial charge in [0.05, 0.1) is 21.4 Å². The van der Waals surface area contributed by atoms with E-state index < -0.39 is 44.0 Å². The predicted molar refractivity (Wildman–Crippen MR) is 123 cm³/mol. The fourth-order valence-corrected chi connectivity index (χ4v) is 8.02. The molecule has 0 aromatic heterocycles. The molecule has 0 saturated heterocycles. The summed E-state index contributed by atoms with van der Waals surface area (Å²) >= 11 is 6.23. The van der Waals surface area contributed by atoms with Crippen LogP contribution in [0.4, 0.5) is 18.9 Å². The van der Waals surface area contributed by atoms with Gasteiger partial charge in [0.2, 0.25) is 0 Å². The van der Waals surface area contributed by atoms with Crippen LogP contribution in [0.15, 0.2) is 40.4 Å². The first-order valence-electron chi connectivity index (χ1n) is 10.7. The molecule has 4 rings (SSSR count). The minimum Gasteiger partial charge on any atom is -0.399 e.